The lowest BCUT2D eigenvalue weighted by molar-refractivity contribution is -0.903. The Morgan fingerprint density at radius 3 is 2.29 bits per heavy atom. The van der Waals surface area contributed by atoms with Crippen LogP contribution in [0.3, 0.4) is 0 Å². The average Bonchev–Trinajstić information content (AvgIpc) is 2.49. The molecule has 1 atom stereocenters. The van der Waals surface area contributed by atoms with Gasteiger partial charge in [-0.05, 0) is 31.4 Å². The van der Waals surface area contributed by atoms with Crippen LogP contribution in [0.25, 0.3) is 0 Å². The first-order chi connectivity index (χ1) is 10.2. The summed E-state index contributed by atoms with van der Waals surface area (Å²) in [7, 11) is 0. The monoisotopic (exact) mass is 294 g/mol. The van der Waals surface area contributed by atoms with E-state index in [9.17, 15) is 5.11 Å². The summed E-state index contributed by atoms with van der Waals surface area (Å²) in [6.45, 7) is 9.93. The van der Waals surface area contributed by atoms with Crippen molar-refractivity contribution >= 4 is 0 Å². The molecule has 0 radical (unpaired) electrons. The van der Waals surface area contributed by atoms with Gasteiger partial charge in [0.05, 0.1) is 13.1 Å². The van der Waals surface area contributed by atoms with Gasteiger partial charge in [0.25, 0.3) is 0 Å². The topological polar surface area (TPSA) is 33.9 Å². The number of ether oxygens (including phenoxy) is 1. The van der Waals surface area contributed by atoms with Gasteiger partial charge in [-0.15, -0.1) is 0 Å². The van der Waals surface area contributed by atoms with Crippen molar-refractivity contribution in [2.45, 2.75) is 52.6 Å². The van der Waals surface area contributed by atoms with Crippen molar-refractivity contribution in [2.24, 2.45) is 0 Å². The third-order valence-corrected chi connectivity index (χ3v) is 3.82. The minimum Gasteiger partial charge on any atom is -0.490 e. The predicted molar refractivity (Wildman–Crippen MR) is 88.1 cm³/mol. The van der Waals surface area contributed by atoms with Crippen LogP contribution in [0.15, 0.2) is 24.3 Å². The maximum atomic E-state index is 10.2. The van der Waals surface area contributed by atoms with E-state index in [1.54, 1.807) is 0 Å². The summed E-state index contributed by atoms with van der Waals surface area (Å²) in [5, 5.41) is 10.2. The Morgan fingerprint density at radius 1 is 1.10 bits per heavy atom. The van der Waals surface area contributed by atoms with Gasteiger partial charge in [0.15, 0.2) is 0 Å². The molecule has 0 saturated heterocycles. The molecule has 1 aromatic carbocycles. The second-order valence-electron chi connectivity index (χ2n) is 5.89. The van der Waals surface area contributed by atoms with Gasteiger partial charge >= 0.3 is 0 Å². The Labute approximate surface area is 129 Å². The number of para-hydroxylation sites is 1. The zero-order chi connectivity index (χ0) is 15.5. The lowest BCUT2D eigenvalue weighted by Crippen LogP contribution is -3.13. The molecule has 0 bridgehead atoms. The number of hydrogen-bond donors (Lipinski definition) is 2. The lowest BCUT2D eigenvalue weighted by Gasteiger charge is -2.22. The molecule has 0 saturated carbocycles. The summed E-state index contributed by atoms with van der Waals surface area (Å²) in [6.07, 6.45) is 4.49. The molecule has 1 aromatic rings. The quantitative estimate of drug-likeness (QED) is 0.656. The Hall–Kier alpha value is -1.06. The lowest BCUT2D eigenvalue weighted by atomic mass is 10.2. The second kappa shape index (κ2) is 10.6. The van der Waals surface area contributed by atoms with Crippen LogP contribution in [0, 0.1) is 6.92 Å². The summed E-state index contributed by atoms with van der Waals surface area (Å²) in [4.78, 5) is 1.50. The average molecular weight is 294 g/mol. The summed E-state index contributed by atoms with van der Waals surface area (Å²) in [5.41, 5.74) is 1.12. The Bertz CT molecular complexity index is 373. The van der Waals surface area contributed by atoms with Crippen molar-refractivity contribution in [3.05, 3.63) is 29.8 Å². The van der Waals surface area contributed by atoms with Gasteiger partial charge in [0.1, 0.15) is 25.0 Å². The van der Waals surface area contributed by atoms with E-state index in [2.05, 4.69) is 13.8 Å². The third-order valence-electron chi connectivity index (χ3n) is 3.82. The second-order valence-corrected chi connectivity index (χ2v) is 5.89. The fourth-order valence-electron chi connectivity index (χ4n) is 2.48. The molecule has 0 aromatic heterocycles. The molecule has 3 heteroatoms. The summed E-state index contributed by atoms with van der Waals surface area (Å²) < 4.78 is 5.75. The zero-order valence-electron chi connectivity index (χ0n) is 13.9. The van der Waals surface area contributed by atoms with E-state index in [4.69, 9.17) is 4.74 Å². The van der Waals surface area contributed by atoms with Crippen LogP contribution in [-0.4, -0.2) is 37.5 Å². The number of quaternary nitrogens is 1. The van der Waals surface area contributed by atoms with E-state index in [1.165, 1.54) is 30.6 Å². The van der Waals surface area contributed by atoms with Gasteiger partial charge in [0.2, 0.25) is 0 Å². The first kappa shape index (κ1) is 18.0. The van der Waals surface area contributed by atoms with Crippen molar-refractivity contribution < 1.29 is 14.7 Å². The van der Waals surface area contributed by atoms with Crippen molar-refractivity contribution in [3.8, 4) is 5.75 Å². The summed E-state index contributed by atoms with van der Waals surface area (Å²) in [5.74, 6) is 0.875. The summed E-state index contributed by atoms with van der Waals surface area (Å²) >= 11 is 0. The molecule has 0 fully saturated rings. The van der Waals surface area contributed by atoms with E-state index < -0.39 is 6.10 Å². The maximum Gasteiger partial charge on any atom is 0.137 e. The zero-order valence-corrected chi connectivity index (χ0v) is 13.9. The highest BCUT2D eigenvalue weighted by atomic mass is 16.5. The molecule has 0 heterocycles. The molecule has 0 amide bonds. The van der Waals surface area contributed by atoms with Crippen molar-refractivity contribution in [1.82, 2.24) is 0 Å². The van der Waals surface area contributed by atoms with Crippen LogP contribution in [0.4, 0.5) is 0 Å². The van der Waals surface area contributed by atoms with Crippen LogP contribution in [-0.2, 0) is 0 Å². The molecule has 3 nitrogen and oxygen atoms in total. The van der Waals surface area contributed by atoms with Gasteiger partial charge in [-0.1, -0.05) is 44.9 Å². The molecule has 0 aliphatic rings. The van der Waals surface area contributed by atoms with Gasteiger partial charge in [0, 0.05) is 0 Å². The fraction of sp³-hybridized carbons (Fsp3) is 0.667. The number of unbranched alkanes of at least 4 members (excludes halogenated alkanes) is 2. The minimum atomic E-state index is -0.395. The Morgan fingerprint density at radius 2 is 1.71 bits per heavy atom. The number of rotatable bonds is 11. The normalized spacial score (nSPS) is 12.6. The number of aryl methyl sites for hydroxylation is 1. The van der Waals surface area contributed by atoms with E-state index in [-0.39, 0.29) is 0 Å². The maximum absolute atomic E-state index is 10.2. The first-order valence-electron chi connectivity index (χ1n) is 8.37. The highest BCUT2D eigenvalue weighted by Gasteiger charge is 2.15. The highest BCUT2D eigenvalue weighted by molar-refractivity contribution is 5.31. The van der Waals surface area contributed by atoms with Crippen LogP contribution in [0.1, 0.15) is 45.1 Å². The van der Waals surface area contributed by atoms with Crippen LogP contribution in [0.5, 0.6) is 5.75 Å². The van der Waals surface area contributed by atoms with Crippen molar-refractivity contribution in [3.63, 3.8) is 0 Å². The number of aliphatic hydroxyl groups excluding tert-OH is 1. The number of hydrogen-bond acceptors (Lipinski definition) is 2. The fourth-order valence-corrected chi connectivity index (χ4v) is 2.48. The van der Waals surface area contributed by atoms with Crippen LogP contribution in [0.2, 0.25) is 0 Å². The molecule has 0 aliphatic heterocycles. The van der Waals surface area contributed by atoms with Gasteiger partial charge in [-0.3, -0.25) is 0 Å². The molecule has 0 spiro atoms. The standard InChI is InChI=1S/C18H31NO2/c1-4-6-12-19(13-7-5-2)14-17(20)15-21-18-11-9-8-10-16(18)3/h8-11,17,20H,4-7,12-15H2,1-3H3/p+1/t17-/m0/s1. The van der Waals surface area contributed by atoms with Gasteiger partial charge in [-0.2, -0.15) is 0 Å². The first-order valence-corrected chi connectivity index (χ1v) is 8.37. The Balaban J connectivity index is 2.38. The van der Waals surface area contributed by atoms with E-state index in [0.29, 0.717) is 6.61 Å². The molecule has 1 rings (SSSR count). The summed E-state index contributed by atoms with van der Waals surface area (Å²) in [6, 6.07) is 7.96. The van der Waals surface area contributed by atoms with Crippen molar-refractivity contribution in [1.29, 1.82) is 0 Å². The van der Waals surface area contributed by atoms with E-state index in [1.807, 2.05) is 31.2 Å². The van der Waals surface area contributed by atoms with E-state index in [0.717, 1.165) is 30.9 Å². The smallest absolute Gasteiger partial charge is 0.137 e. The van der Waals surface area contributed by atoms with Gasteiger partial charge in [-0.25, -0.2) is 0 Å². The predicted octanol–water partition coefficient (Wildman–Crippen LogP) is 2.22. The highest BCUT2D eigenvalue weighted by Crippen LogP contribution is 2.15. The van der Waals surface area contributed by atoms with Gasteiger partial charge < -0.3 is 14.7 Å². The number of aliphatic hydroxyl groups is 1. The molecule has 0 unspecified atom stereocenters. The van der Waals surface area contributed by atoms with Crippen LogP contribution < -0.4 is 9.64 Å². The molecular formula is C18H32NO2+. The molecule has 120 valence electrons. The van der Waals surface area contributed by atoms with Crippen molar-refractivity contribution in [2.75, 3.05) is 26.2 Å². The molecular weight excluding hydrogens is 262 g/mol. The van der Waals surface area contributed by atoms with E-state index >= 15 is 0 Å². The third kappa shape index (κ3) is 7.49. The molecule has 21 heavy (non-hydrogen) atoms. The number of benzene rings is 1. The minimum absolute atomic E-state index is 0.382. The molecule has 0 aliphatic carbocycles. The Kier molecular flexibility index (Phi) is 9.11. The largest absolute Gasteiger partial charge is 0.490 e. The SMILES string of the molecule is CCCC[NH+](CCCC)C[C@H](O)COc1ccccc1C. The van der Waals surface area contributed by atoms with Crippen LogP contribution >= 0.6 is 0 Å². The molecule has 2 N–H and O–H groups in total. The number of nitrogens with one attached hydrogen (secondary N) is 1.